The van der Waals surface area contributed by atoms with Gasteiger partial charge in [-0.3, -0.25) is 14.7 Å². The van der Waals surface area contributed by atoms with Crippen LogP contribution < -0.4 is 4.90 Å². The second kappa shape index (κ2) is 6.83. The van der Waals surface area contributed by atoms with Gasteiger partial charge in [0, 0.05) is 12.1 Å². The lowest BCUT2D eigenvalue weighted by Crippen LogP contribution is -2.39. The Hall–Kier alpha value is -1.42. The number of amides is 1. The van der Waals surface area contributed by atoms with Crippen molar-refractivity contribution >= 4 is 11.6 Å². The zero-order valence-electron chi connectivity index (χ0n) is 15.2. The van der Waals surface area contributed by atoms with Crippen molar-refractivity contribution < 1.29 is 9.90 Å². The van der Waals surface area contributed by atoms with Crippen molar-refractivity contribution in [2.75, 3.05) is 4.90 Å². The second-order valence-corrected chi connectivity index (χ2v) is 7.97. The van der Waals surface area contributed by atoms with Crippen LogP contribution in [-0.2, 0) is 4.79 Å². The normalized spacial score (nSPS) is 30.5. The van der Waals surface area contributed by atoms with E-state index < -0.39 is 6.23 Å². The molecule has 1 N–H and O–H groups in total. The van der Waals surface area contributed by atoms with E-state index in [0.717, 1.165) is 43.0 Å². The molecule has 0 radical (unpaired) electrons. The molecule has 4 heteroatoms. The summed E-state index contributed by atoms with van der Waals surface area (Å²) in [6.07, 6.45) is 8.13. The van der Waals surface area contributed by atoms with Crippen molar-refractivity contribution in [2.24, 2.45) is 11.3 Å². The van der Waals surface area contributed by atoms with Crippen LogP contribution in [0.15, 0.2) is 18.3 Å². The quantitative estimate of drug-likeness (QED) is 0.898. The highest BCUT2D eigenvalue weighted by Crippen LogP contribution is 2.49. The number of carbonyl (C=O) groups excluding carboxylic acids is 1. The Kier molecular flexibility index (Phi) is 4.95. The van der Waals surface area contributed by atoms with E-state index in [4.69, 9.17) is 0 Å². The summed E-state index contributed by atoms with van der Waals surface area (Å²) in [6.45, 7) is 6.42. The molecule has 1 spiro atoms. The second-order valence-electron chi connectivity index (χ2n) is 7.97. The fourth-order valence-corrected chi connectivity index (χ4v) is 4.43. The number of pyridine rings is 1. The maximum atomic E-state index is 13.1. The molecule has 1 unspecified atom stereocenters. The van der Waals surface area contributed by atoms with Crippen molar-refractivity contribution in [3.8, 4) is 0 Å². The van der Waals surface area contributed by atoms with E-state index in [1.807, 2.05) is 12.1 Å². The fourth-order valence-electron chi connectivity index (χ4n) is 4.43. The standard InChI is InChI=1S/C20H30N2O2/c1-4-5-15-8-10-20(11-9-15)12-18(23)22(19(20)24)16-6-7-17(14(2)3)21-13-16/h6-7,13-15,18,23H,4-5,8-12H2,1-3H3. The minimum absolute atomic E-state index is 0.101. The zero-order valence-corrected chi connectivity index (χ0v) is 15.2. The van der Waals surface area contributed by atoms with Crippen molar-refractivity contribution in [2.45, 2.75) is 77.9 Å². The topological polar surface area (TPSA) is 53.4 Å². The van der Waals surface area contributed by atoms with Crippen molar-refractivity contribution in [1.82, 2.24) is 4.98 Å². The first kappa shape index (κ1) is 17.4. The van der Waals surface area contributed by atoms with E-state index in [1.54, 1.807) is 11.1 Å². The van der Waals surface area contributed by atoms with E-state index in [-0.39, 0.29) is 11.3 Å². The molecule has 0 bridgehead atoms. The highest BCUT2D eigenvalue weighted by atomic mass is 16.3. The van der Waals surface area contributed by atoms with Crippen LogP contribution in [0.1, 0.15) is 77.3 Å². The molecule has 2 fully saturated rings. The monoisotopic (exact) mass is 330 g/mol. The molecule has 1 saturated heterocycles. The van der Waals surface area contributed by atoms with Crippen LogP contribution in [0.4, 0.5) is 5.69 Å². The maximum absolute atomic E-state index is 13.1. The van der Waals surface area contributed by atoms with Gasteiger partial charge in [-0.05, 0) is 49.7 Å². The lowest BCUT2D eigenvalue weighted by atomic mass is 9.68. The number of aliphatic hydroxyl groups is 1. The Morgan fingerprint density at radius 1 is 1.33 bits per heavy atom. The van der Waals surface area contributed by atoms with Gasteiger partial charge in [0.2, 0.25) is 5.91 Å². The Morgan fingerprint density at radius 3 is 2.58 bits per heavy atom. The predicted octanol–water partition coefficient (Wildman–Crippen LogP) is 4.24. The molecule has 3 rings (SSSR count). The third kappa shape index (κ3) is 3.08. The van der Waals surface area contributed by atoms with Crippen LogP contribution in [-0.4, -0.2) is 22.2 Å². The first-order chi connectivity index (χ1) is 11.5. The van der Waals surface area contributed by atoms with Crippen LogP contribution in [0, 0.1) is 11.3 Å². The first-order valence-electron chi connectivity index (χ1n) is 9.44. The number of hydrogen-bond acceptors (Lipinski definition) is 3. The number of nitrogens with zero attached hydrogens (tertiary/aromatic N) is 2. The number of anilines is 1. The summed E-state index contributed by atoms with van der Waals surface area (Å²) < 4.78 is 0. The van der Waals surface area contributed by atoms with Gasteiger partial charge in [0.05, 0.1) is 17.3 Å². The summed E-state index contributed by atoms with van der Waals surface area (Å²) in [6, 6.07) is 3.88. The van der Waals surface area contributed by atoms with Gasteiger partial charge >= 0.3 is 0 Å². The van der Waals surface area contributed by atoms with Crippen molar-refractivity contribution in [3.05, 3.63) is 24.0 Å². The smallest absolute Gasteiger partial charge is 0.235 e. The molecule has 2 aliphatic rings. The molecule has 1 saturated carbocycles. The molecular weight excluding hydrogens is 300 g/mol. The minimum atomic E-state index is -0.716. The molecule has 0 aromatic carbocycles. The number of carbonyl (C=O) groups is 1. The highest BCUT2D eigenvalue weighted by molar-refractivity contribution is 6.00. The molecule has 2 heterocycles. The van der Waals surface area contributed by atoms with Gasteiger partial charge in [-0.1, -0.05) is 33.6 Å². The third-order valence-electron chi connectivity index (χ3n) is 5.94. The van der Waals surface area contributed by atoms with Crippen LogP contribution in [0.2, 0.25) is 0 Å². The van der Waals surface area contributed by atoms with E-state index in [2.05, 4.69) is 25.8 Å². The Labute approximate surface area is 145 Å². The number of rotatable bonds is 4. The SMILES string of the molecule is CCCC1CCC2(CC1)CC(O)N(c1ccc(C(C)C)nc1)C2=O. The summed E-state index contributed by atoms with van der Waals surface area (Å²) in [4.78, 5) is 19.2. The molecular formula is C20H30N2O2. The largest absolute Gasteiger partial charge is 0.373 e. The van der Waals surface area contributed by atoms with Crippen LogP contribution in [0.5, 0.6) is 0 Å². The summed E-state index contributed by atoms with van der Waals surface area (Å²) in [5.41, 5.74) is 1.39. The first-order valence-corrected chi connectivity index (χ1v) is 9.44. The molecule has 1 aliphatic carbocycles. The maximum Gasteiger partial charge on any atom is 0.235 e. The lowest BCUT2D eigenvalue weighted by molar-refractivity contribution is -0.127. The van der Waals surface area contributed by atoms with Gasteiger partial charge in [0.1, 0.15) is 6.23 Å². The summed E-state index contributed by atoms with van der Waals surface area (Å²) in [5, 5.41) is 10.6. The number of aromatic nitrogens is 1. The summed E-state index contributed by atoms with van der Waals surface area (Å²) >= 11 is 0. The highest BCUT2D eigenvalue weighted by Gasteiger charge is 2.52. The fraction of sp³-hybridized carbons (Fsp3) is 0.700. The van der Waals surface area contributed by atoms with E-state index in [0.29, 0.717) is 12.3 Å². The van der Waals surface area contributed by atoms with Gasteiger partial charge < -0.3 is 5.11 Å². The van der Waals surface area contributed by atoms with Crippen LogP contribution >= 0.6 is 0 Å². The predicted molar refractivity (Wildman–Crippen MR) is 95.7 cm³/mol. The van der Waals surface area contributed by atoms with Gasteiger partial charge in [-0.25, -0.2) is 0 Å². The zero-order chi connectivity index (χ0) is 17.3. The Morgan fingerprint density at radius 2 is 2.04 bits per heavy atom. The average molecular weight is 330 g/mol. The molecule has 1 aliphatic heterocycles. The molecule has 1 aromatic rings. The average Bonchev–Trinajstić information content (AvgIpc) is 2.80. The van der Waals surface area contributed by atoms with Gasteiger partial charge in [0.25, 0.3) is 0 Å². The van der Waals surface area contributed by atoms with E-state index >= 15 is 0 Å². The minimum Gasteiger partial charge on any atom is -0.373 e. The molecule has 1 atom stereocenters. The Balaban J connectivity index is 1.76. The van der Waals surface area contributed by atoms with E-state index in [1.165, 1.54) is 12.8 Å². The Bertz CT molecular complexity index is 574. The van der Waals surface area contributed by atoms with Gasteiger partial charge in [-0.2, -0.15) is 0 Å². The number of aliphatic hydroxyl groups excluding tert-OH is 1. The molecule has 132 valence electrons. The molecule has 1 aromatic heterocycles. The molecule has 24 heavy (non-hydrogen) atoms. The van der Waals surface area contributed by atoms with Crippen LogP contribution in [0.25, 0.3) is 0 Å². The number of hydrogen-bond donors (Lipinski definition) is 1. The molecule has 1 amide bonds. The lowest BCUT2D eigenvalue weighted by Gasteiger charge is -2.35. The van der Waals surface area contributed by atoms with Gasteiger partial charge in [0.15, 0.2) is 0 Å². The summed E-state index contributed by atoms with van der Waals surface area (Å²) in [7, 11) is 0. The van der Waals surface area contributed by atoms with Crippen molar-refractivity contribution in [3.63, 3.8) is 0 Å². The van der Waals surface area contributed by atoms with Crippen molar-refractivity contribution in [1.29, 1.82) is 0 Å². The third-order valence-corrected chi connectivity index (χ3v) is 5.94. The van der Waals surface area contributed by atoms with Gasteiger partial charge in [-0.15, -0.1) is 0 Å². The molecule has 4 nitrogen and oxygen atoms in total. The van der Waals surface area contributed by atoms with E-state index in [9.17, 15) is 9.90 Å². The summed E-state index contributed by atoms with van der Waals surface area (Å²) in [5.74, 6) is 1.22. The van der Waals surface area contributed by atoms with Crippen LogP contribution in [0.3, 0.4) is 0 Å².